The lowest BCUT2D eigenvalue weighted by molar-refractivity contribution is 0.460. The highest BCUT2D eigenvalue weighted by Gasteiger charge is 2.06. The summed E-state index contributed by atoms with van der Waals surface area (Å²) in [7, 11) is 0. The second-order valence-electron chi connectivity index (χ2n) is 5.45. The smallest absolute Gasteiger partial charge is 0.320 e. The van der Waals surface area contributed by atoms with E-state index in [4.69, 9.17) is 4.42 Å². The lowest BCUT2D eigenvalue weighted by atomic mass is 10.1. The van der Waals surface area contributed by atoms with Gasteiger partial charge in [0.15, 0.2) is 0 Å². The molecule has 2 aromatic rings. The number of nitrogens with one attached hydrogen (secondary N) is 2. The molecule has 0 saturated carbocycles. The molecule has 2 N–H and O–H groups in total. The molecule has 1 aromatic carbocycles. The van der Waals surface area contributed by atoms with Gasteiger partial charge in [0.1, 0.15) is 0 Å². The Kier molecular flexibility index (Phi) is 4.74. The van der Waals surface area contributed by atoms with Crippen LogP contribution in [0.3, 0.4) is 0 Å². The zero-order chi connectivity index (χ0) is 14.5. The number of aromatic nitrogens is 2. The predicted octanol–water partition coefficient (Wildman–Crippen LogP) is 3.18. The van der Waals surface area contributed by atoms with Crippen LogP contribution in [0, 0.1) is 19.8 Å². The van der Waals surface area contributed by atoms with Crippen molar-refractivity contribution < 1.29 is 4.42 Å². The Morgan fingerprint density at radius 1 is 1.15 bits per heavy atom. The van der Waals surface area contributed by atoms with E-state index in [2.05, 4.69) is 60.7 Å². The summed E-state index contributed by atoms with van der Waals surface area (Å²) in [5.41, 5.74) is 3.45. The molecule has 0 bridgehead atoms. The number of nitrogens with zero attached hydrogens (tertiary/aromatic N) is 2. The van der Waals surface area contributed by atoms with Gasteiger partial charge in [-0.25, -0.2) is 0 Å². The fraction of sp³-hybridized carbons (Fsp3) is 0.467. The molecule has 0 atom stereocenters. The van der Waals surface area contributed by atoms with E-state index in [1.54, 1.807) is 0 Å². The number of aryl methyl sites for hydroxylation is 2. The first-order chi connectivity index (χ1) is 9.54. The van der Waals surface area contributed by atoms with Gasteiger partial charge in [0, 0.05) is 5.69 Å². The average Bonchev–Trinajstić information content (AvgIpc) is 2.81. The maximum Gasteiger partial charge on any atom is 0.320 e. The number of benzene rings is 1. The highest BCUT2D eigenvalue weighted by molar-refractivity contribution is 5.54. The van der Waals surface area contributed by atoms with Crippen LogP contribution in [0.15, 0.2) is 22.6 Å². The molecular weight excluding hydrogens is 252 g/mol. The number of anilines is 2. The summed E-state index contributed by atoms with van der Waals surface area (Å²) in [5, 5.41) is 14.4. The first-order valence-corrected chi connectivity index (χ1v) is 6.92. The molecule has 0 aliphatic rings. The highest BCUT2D eigenvalue weighted by Crippen LogP contribution is 2.18. The summed E-state index contributed by atoms with van der Waals surface area (Å²) >= 11 is 0. The van der Waals surface area contributed by atoms with Crippen molar-refractivity contribution in [3.05, 3.63) is 35.2 Å². The van der Waals surface area contributed by atoms with Crippen LogP contribution in [-0.2, 0) is 6.54 Å². The minimum atomic E-state index is 0.426. The maximum absolute atomic E-state index is 5.54. The minimum absolute atomic E-state index is 0.426. The van der Waals surface area contributed by atoms with E-state index < -0.39 is 0 Å². The van der Waals surface area contributed by atoms with E-state index in [0.29, 0.717) is 24.4 Å². The van der Waals surface area contributed by atoms with Crippen molar-refractivity contribution in [1.82, 2.24) is 15.5 Å². The molecule has 0 radical (unpaired) electrons. The van der Waals surface area contributed by atoms with Gasteiger partial charge in [-0.1, -0.05) is 25.0 Å². The van der Waals surface area contributed by atoms with Crippen molar-refractivity contribution in [3.63, 3.8) is 0 Å². The molecule has 0 aliphatic carbocycles. The second kappa shape index (κ2) is 6.52. The molecule has 5 nitrogen and oxygen atoms in total. The lowest BCUT2D eigenvalue weighted by Gasteiger charge is -2.05. The molecule has 0 fully saturated rings. The predicted molar refractivity (Wildman–Crippen MR) is 80.0 cm³/mol. The van der Waals surface area contributed by atoms with Crippen molar-refractivity contribution >= 4 is 11.7 Å². The van der Waals surface area contributed by atoms with Crippen LogP contribution in [0.25, 0.3) is 0 Å². The number of hydrogen-bond acceptors (Lipinski definition) is 5. The highest BCUT2D eigenvalue weighted by atomic mass is 16.4. The van der Waals surface area contributed by atoms with Crippen LogP contribution in [0.5, 0.6) is 0 Å². The van der Waals surface area contributed by atoms with Crippen LogP contribution in [0.4, 0.5) is 11.7 Å². The van der Waals surface area contributed by atoms with Crippen LogP contribution < -0.4 is 10.6 Å². The van der Waals surface area contributed by atoms with Crippen molar-refractivity contribution in [3.8, 4) is 0 Å². The largest absolute Gasteiger partial charge is 0.406 e. The van der Waals surface area contributed by atoms with E-state index in [0.717, 1.165) is 12.2 Å². The maximum atomic E-state index is 5.54. The third-order valence-corrected chi connectivity index (χ3v) is 3.05. The fourth-order valence-corrected chi connectivity index (χ4v) is 1.79. The summed E-state index contributed by atoms with van der Waals surface area (Å²) < 4.78 is 5.54. The van der Waals surface area contributed by atoms with Gasteiger partial charge in [-0.15, -0.1) is 5.10 Å². The molecule has 1 aromatic heterocycles. The zero-order valence-corrected chi connectivity index (χ0v) is 12.5. The normalized spacial score (nSPS) is 11.1. The first kappa shape index (κ1) is 14.5. The van der Waals surface area contributed by atoms with Crippen LogP contribution in [-0.4, -0.2) is 16.7 Å². The minimum Gasteiger partial charge on any atom is -0.406 e. The molecule has 0 spiro atoms. The standard InChI is InChI=1S/C15H22N4O/c1-10(2)8-16-9-14-18-19-15(20-14)17-13-6-5-11(3)12(4)7-13/h5-7,10,16H,8-9H2,1-4H3,(H,17,19). The van der Waals surface area contributed by atoms with Gasteiger partial charge in [-0.2, -0.15) is 0 Å². The summed E-state index contributed by atoms with van der Waals surface area (Å²) in [6, 6.07) is 6.56. The average molecular weight is 274 g/mol. The van der Waals surface area contributed by atoms with Crippen LogP contribution in [0.1, 0.15) is 30.9 Å². The van der Waals surface area contributed by atoms with E-state index in [9.17, 15) is 0 Å². The molecule has 2 rings (SSSR count). The van der Waals surface area contributed by atoms with E-state index in [1.165, 1.54) is 11.1 Å². The summed E-state index contributed by atoms with van der Waals surface area (Å²) in [5.74, 6) is 1.20. The summed E-state index contributed by atoms with van der Waals surface area (Å²) in [4.78, 5) is 0. The molecule has 0 amide bonds. The Morgan fingerprint density at radius 2 is 1.95 bits per heavy atom. The van der Waals surface area contributed by atoms with Gasteiger partial charge in [0.2, 0.25) is 5.89 Å². The van der Waals surface area contributed by atoms with Crippen molar-refractivity contribution in [2.24, 2.45) is 5.92 Å². The van der Waals surface area contributed by atoms with Gasteiger partial charge in [-0.3, -0.25) is 0 Å². The van der Waals surface area contributed by atoms with Gasteiger partial charge in [0.25, 0.3) is 0 Å². The molecule has 0 aliphatic heterocycles. The van der Waals surface area contributed by atoms with Crippen LogP contribution >= 0.6 is 0 Å². The molecule has 1 heterocycles. The summed E-state index contributed by atoms with van der Waals surface area (Å²) in [6.07, 6.45) is 0. The van der Waals surface area contributed by atoms with Crippen molar-refractivity contribution in [2.75, 3.05) is 11.9 Å². The molecule has 5 heteroatoms. The quantitative estimate of drug-likeness (QED) is 0.847. The third kappa shape index (κ3) is 4.06. The Balaban J connectivity index is 1.93. The van der Waals surface area contributed by atoms with E-state index in [-0.39, 0.29) is 0 Å². The van der Waals surface area contributed by atoms with Gasteiger partial charge >= 0.3 is 6.01 Å². The molecule has 20 heavy (non-hydrogen) atoms. The first-order valence-electron chi connectivity index (χ1n) is 6.92. The monoisotopic (exact) mass is 274 g/mol. The fourth-order valence-electron chi connectivity index (χ4n) is 1.79. The molecular formula is C15H22N4O. The SMILES string of the molecule is Cc1ccc(Nc2nnc(CNCC(C)C)o2)cc1C. The Hall–Kier alpha value is -1.88. The van der Waals surface area contributed by atoms with Gasteiger partial charge in [-0.05, 0) is 49.6 Å². The molecule has 0 saturated heterocycles. The van der Waals surface area contributed by atoms with Gasteiger partial charge in [0.05, 0.1) is 6.54 Å². The van der Waals surface area contributed by atoms with Crippen molar-refractivity contribution in [2.45, 2.75) is 34.2 Å². The Morgan fingerprint density at radius 3 is 2.65 bits per heavy atom. The van der Waals surface area contributed by atoms with Gasteiger partial charge < -0.3 is 15.1 Å². The van der Waals surface area contributed by atoms with Crippen LogP contribution in [0.2, 0.25) is 0 Å². The molecule has 0 unspecified atom stereocenters. The van der Waals surface area contributed by atoms with E-state index >= 15 is 0 Å². The Labute approximate surface area is 119 Å². The molecule has 108 valence electrons. The Bertz CT molecular complexity index is 563. The topological polar surface area (TPSA) is 63.0 Å². The summed E-state index contributed by atoms with van der Waals surface area (Å²) in [6.45, 7) is 10.0. The lowest BCUT2D eigenvalue weighted by Crippen LogP contribution is -2.19. The van der Waals surface area contributed by atoms with E-state index in [1.807, 2.05) is 6.07 Å². The zero-order valence-electron chi connectivity index (χ0n) is 12.5. The third-order valence-electron chi connectivity index (χ3n) is 3.05. The number of hydrogen-bond donors (Lipinski definition) is 2. The second-order valence-corrected chi connectivity index (χ2v) is 5.45. The number of rotatable bonds is 6. The van der Waals surface area contributed by atoms with Crippen molar-refractivity contribution in [1.29, 1.82) is 0 Å².